The van der Waals surface area contributed by atoms with Crippen LogP contribution < -0.4 is 9.04 Å². The van der Waals surface area contributed by atoms with Crippen LogP contribution in [0, 0.1) is 0 Å². The Bertz CT molecular complexity index is 1140. The third kappa shape index (κ3) is 4.24. The number of hydrogen-bond acceptors (Lipinski definition) is 5. The molecular formula is C20H18ClF3N2O5S. The van der Waals surface area contributed by atoms with Crippen LogP contribution in [0.1, 0.15) is 5.56 Å². The Morgan fingerprint density at radius 1 is 1.09 bits per heavy atom. The summed E-state index contributed by atoms with van der Waals surface area (Å²) in [6.45, 7) is 0.974. The van der Waals surface area contributed by atoms with E-state index in [1.54, 1.807) is 12.1 Å². The Hall–Kier alpha value is -2.50. The lowest BCUT2D eigenvalue weighted by molar-refractivity contribution is -0.142. The highest BCUT2D eigenvalue weighted by Gasteiger charge is 2.41. The van der Waals surface area contributed by atoms with Crippen molar-refractivity contribution in [2.75, 3.05) is 37.2 Å². The molecule has 2 aliphatic heterocycles. The van der Waals surface area contributed by atoms with Crippen molar-refractivity contribution in [3.8, 4) is 5.75 Å². The zero-order chi connectivity index (χ0) is 23.1. The van der Waals surface area contributed by atoms with Crippen molar-refractivity contribution in [3.63, 3.8) is 0 Å². The molecule has 12 heteroatoms. The van der Waals surface area contributed by atoms with Gasteiger partial charge in [-0.2, -0.15) is 13.2 Å². The molecule has 7 nitrogen and oxygen atoms in total. The van der Waals surface area contributed by atoms with E-state index in [-0.39, 0.29) is 18.0 Å². The van der Waals surface area contributed by atoms with Crippen molar-refractivity contribution in [2.24, 2.45) is 0 Å². The van der Waals surface area contributed by atoms with Crippen LogP contribution in [0.5, 0.6) is 5.75 Å². The van der Waals surface area contributed by atoms with E-state index in [2.05, 4.69) is 0 Å². The first-order valence-electron chi connectivity index (χ1n) is 9.61. The normalized spacial score (nSPS) is 19.3. The number of fused-ring (bicyclic) bond motifs is 1. The van der Waals surface area contributed by atoms with Gasteiger partial charge in [-0.1, -0.05) is 23.7 Å². The summed E-state index contributed by atoms with van der Waals surface area (Å²) in [4.78, 5) is 13.9. The van der Waals surface area contributed by atoms with Gasteiger partial charge < -0.3 is 14.4 Å². The number of benzene rings is 2. The predicted molar refractivity (Wildman–Crippen MR) is 109 cm³/mol. The summed E-state index contributed by atoms with van der Waals surface area (Å²) in [7, 11) is -4.47. The highest BCUT2D eigenvalue weighted by atomic mass is 35.5. The van der Waals surface area contributed by atoms with E-state index in [4.69, 9.17) is 21.1 Å². The Kier molecular flexibility index (Phi) is 5.99. The largest absolute Gasteiger partial charge is 0.476 e. The van der Waals surface area contributed by atoms with Crippen LogP contribution in [0.4, 0.5) is 18.9 Å². The van der Waals surface area contributed by atoms with Crippen LogP contribution in [0.3, 0.4) is 0 Å². The second-order valence-electron chi connectivity index (χ2n) is 7.19. The molecule has 1 amide bonds. The van der Waals surface area contributed by atoms with Gasteiger partial charge in [-0.25, -0.2) is 8.42 Å². The SMILES string of the molecule is O=C([C@H]1CN(S(=O)(=O)c2ccc(Cl)c(C(F)(F)F)c2)c2ccccc2O1)N1CCOCC1. The molecule has 1 saturated heterocycles. The number of halogens is 4. The number of alkyl halides is 3. The zero-order valence-electron chi connectivity index (χ0n) is 16.5. The number of para-hydroxylation sites is 2. The van der Waals surface area contributed by atoms with Crippen molar-refractivity contribution < 1.29 is 35.9 Å². The fourth-order valence-corrected chi connectivity index (χ4v) is 5.28. The molecule has 2 heterocycles. The summed E-state index contributed by atoms with van der Waals surface area (Å²) in [5.41, 5.74) is -1.13. The standard InChI is InChI=1S/C20H18ClF3N2O5S/c21-15-6-5-13(11-14(15)20(22,23)24)32(28,29)26-12-18(19(27)25-7-9-30-10-8-25)31-17-4-2-1-3-16(17)26/h1-6,11,18H,7-10,12H2/t18-/m1/s1. The molecule has 1 atom stereocenters. The Balaban J connectivity index is 1.73. The molecule has 0 unspecified atom stereocenters. The molecule has 0 bridgehead atoms. The minimum atomic E-state index is -4.83. The van der Waals surface area contributed by atoms with Gasteiger partial charge in [0.2, 0.25) is 0 Å². The first-order valence-corrected chi connectivity index (χ1v) is 11.4. The van der Waals surface area contributed by atoms with Crippen molar-refractivity contribution >= 4 is 33.2 Å². The number of rotatable bonds is 3. The van der Waals surface area contributed by atoms with Gasteiger partial charge in [0, 0.05) is 13.1 Å². The predicted octanol–water partition coefficient (Wildman–Crippen LogP) is 3.17. The number of carbonyl (C=O) groups excluding carboxylic acids is 1. The lowest BCUT2D eigenvalue weighted by atomic mass is 10.2. The molecule has 0 saturated carbocycles. The van der Waals surface area contributed by atoms with Gasteiger partial charge in [0.05, 0.1) is 40.9 Å². The summed E-state index contributed by atoms with van der Waals surface area (Å²) in [5, 5.41) is -0.612. The fourth-order valence-electron chi connectivity index (χ4n) is 3.56. The maximum Gasteiger partial charge on any atom is 0.417 e. The molecule has 2 aromatic carbocycles. The summed E-state index contributed by atoms with van der Waals surface area (Å²) in [6.07, 6.45) is -5.99. The number of nitrogens with zero attached hydrogens (tertiary/aromatic N) is 2. The molecule has 0 aliphatic carbocycles. The molecule has 2 aromatic rings. The highest BCUT2D eigenvalue weighted by molar-refractivity contribution is 7.92. The van der Waals surface area contributed by atoms with Crippen LogP contribution in [0.25, 0.3) is 0 Å². The highest BCUT2D eigenvalue weighted by Crippen LogP contribution is 2.40. The molecule has 4 rings (SSSR count). The molecule has 0 spiro atoms. The second kappa shape index (κ2) is 8.45. The van der Waals surface area contributed by atoms with E-state index in [0.717, 1.165) is 16.4 Å². The average molecular weight is 491 g/mol. The van der Waals surface area contributed by atoms with Gasteiger partial charge in [0.1, 0.15) is 5.75 Å². The lowest BCUT2D eigenvalue weighted by Gasteiger charge is -2.37. The van der Waals surface area contributed by atoms with Gasteiger partial charge in [0.15, 0.2) is 6.10 Å². The van der Waals surface area contributed by atoms with Gasteiger partial charge in [-0.05, 0) is 30.3 Å². The summed E-state index contributed by atoms with van der Waals surface area (Å²) >= 11 is 5.64. The van der Waals surface area contributed by atoms with Crippen molar-refractivity contribution in [1.29, 1.82) is 0 Å². The van der Waals surface area contributed by atoms with Crippen LogP contribution in [0.15, 0.2) is 47.4 Å². The molecule has 32 heavy (non-hydrogen) atoms. The topological polar surface area (TPSA) is 76.2 Å². The average Bonchev–Trinajstić information content (AvgIpc) is 2.77. The number of carbonyl (C=O) groups is 1. The molecule has 0 radical (unpaired) electrons. The summed E-state index contributed by atoms with van der Waals surface area (Å²) in [6, 6.07) is 8.52. The van der Waals surface area contributed by atoms with Gasteiger partial charge >= 0.3 is 6.18 Å². The second-order valence-corrected chi connectivity index (χ2v) is 9.46. The van der Waals surface area contributed by atoms with Crippen LogP contribution in [-0.2, 0) is 25.7 Å². The first-order chi connectivity index (χ1) is 15.1. The number of sulfonamides is 1. The number of anilines is 1. The smallest absolute Gasteiger partial charge is 0.417 e. The van der Waals surface area contributed by atoms with E-state index in [9.17, 15) is 26.4 Å². The lowest BCUT2D eigenvalue weighted by Crippen LogP contribution is -2.54. The van der Waals surface area contributed by atoms with Crippen LogP contribution >= 0.6 is 11.6 Å². The van der Waals surface area contributed by atoms with E-state index in [1.807, 2.05) is 0 Å². The van der Waals surface area contributed by atoms with E-state index >= 15 is 0 Å². The van der Waals surface area contributed by atoms with Crippen molar-refractivity contribution in [3.05, 3.63) is 53.1 Å². The van der Waals surface area contributed by atoms with Crippen LogP contribution in [0.2, 0.25) is 5.02 Å². The fraction of sp³-hybridized carbons (Fsp3) is 0.350. The van der Waals surface area contributed by atoms with E-state index in [1.165, 1.54) is 17.0 Å². The Morgan fingerprint density at radius 2 is 1.78 bits per heavy atom. The van der Waals surface area contributed by atoms with Crippen molar-refractivity contribution in [1.82, 2.24) is 4.90 Å². The number of morpholine rings is 1. The minimum absolute atomic E-state index is 0.127. The minimum Gasteiger partial charge on any atom is -0.476 e. The van der Waals surface area contributed by atoms with E-state index < -0.39 is 43.7 Å². The third-order valence-electron chi connectivity index (χ3n) is 5.16. The molecule has 172 valence electrons. The van der Waals surface area contributed by atoms with Gasteiger partial charge in [0.25, 0.3) is 15.9 Å². The van der Waals surface area contributed by atoms with Gasteiger partial charge in [-0.15, -0.1) is 0 Å². The first kappa shape index (κ1) is 22.7. The van der Waals surface area contributed by atoms with Crippen LogP contribution in [-0.4, -0.2) is 58.2 Å². The maximum atomic E-state index is 13.4. The number of ether oxygens (including phenoxy) is 2. The quantitative estimate of drug-likeness (QED) is 0.660. The summed E-state index contributed by atoms with van der Waals surface area (Å²) < 4.78 is 78.6. The Morgan fingerprint density at radius 3 is 2.47 bits per heavy atom. The maximum absolute atomic E-state index is 13.4. The number of hydrogen-bond donors (Lipinski definition) is 0. The molecule has 1 fully saturated rings. The number of amides is 1. The monoisotopic (exact) mass is 490 g/mol. The Labute approximate surface area is 187 Å². The molecular weight excluding hydrogens is 473 g/mol. The third-order valence-corrected chi connectivity index (χ3v) is 7.27. The van der Waals surface area contributed by atoms with E-state index in [0.29, 0.717) is 32.4 Å². The van der Waals surface area contributed by atoms with Gasteiger partial charge in [-0.3, -0.25) is 9.10 Å². The van der Waals surface area contributed by atoms with Crippen molar-refractivity contribution in [2.45, 2.75) is 17.2 Å². The molecule has 0 aromatic heterocycles. The molecule has 2 aliphatic rings. The summed E-state index contributed by atoms with van der Waals surface area (Å²) in [5.74, 6) is -0.283. The molecule has 0 N–H and O–H groups in total. The zero-order valence-corrected chi connectivity index (χ0v) is 18.1.